The molecule has 0 saturated carbocycles. The minimum atomic E-state index is 0.734. The summed E-state index contributed by atoms with van der Waals surface area (Å²) in [5.74, 6) is 0. The second-order valence-corrected chi connectivity index (χ2v) is 3.23. The lowest BCUT2D eigenvalue weighted by Gasteiger charge is -2.03. The molecule has 0 atom stereocenters. The van der Waals surface area contributed by atoms with Crippen LogP contribution in [-0.4, -0.2) is 24.3 Å². The Morgan fingerprint density at radius 1 is 1.56 bits per heavy atom. The van der Waals surface area contributed by atoms with Gasteiger partial charge in [-0.3, -0.25) is 9.98 Å². The summed E-state index contributed by atoms with van der Waals surface area (Å²) in [4.78, 5) is 8.38. The summed E-state index contributed by atoms with van der Waals surface area (Å²) in [7, 11) is 1.78. The molecule has 0 aliphatic heterocycles. The number of aliphatic imine (C=N–C) groups is 1. The van der Waals surface area contributed by atoms with Crippen LogP contribution in [-0.2, 0) is 6.54 Å². The molecule has 0 fully saturated rings. The molecule has 84 valence electrons. The molecule has 0 amide bonds. The molecule has 1 N–H and O–H groups in total. The second-order valence-electron chi connectivity index (χ2n) is 3.23. The van der Waals surface area contributed by atoms with Gasteiger partial charge in [-0.15, -0.1) is 0 Å². The highest BCUT2D eigenvalue weighted by molar-refractivity contribution is 5.96. The van der Waals surface area contributed by atoms with Gasteiger partial charge >= 0.3 is 0 Å². The van der Waals surface area contributed by atoms with E-state index in [9.17, 15) is 0 Å². The van der Waals surface area contributed by atoms with E-state index in [0.717, 1.165) is 24.5 Å². The maximum absolute atomic E-state index is 4.23. The SMILES string of the molecule is C=C/C=C\C(CNCc1ccccn1)=N/C. The molecule has 3 heteroatoms. The maximum Gasteiger partial charge on any atom is 0.0541 e. The molecule has 0 unspecified atom stereocenters. The maximum atomic E-state index is 4.23. The Labute approximate surface area is 96.6 Å². The van der Waals surface area contributed by atoms with E-state index in [0.29, 0.717) is 0 Å². The molecule has 0 saturated heterocycles. The van der Waals surface area contributed by atoms with Crippen molar-refractivity contribution in [2.24, 2.45) is 4.99 Å². The third-order valence-corrected chi connectivity index (χ3v) is 2.05. The third-order valence-electron chi connectivity index (χ3n) is 2.05. The monoisotopic (exact) mass is 215 g/mol. The molecule has 0 radical (unpaired) electrons. The molecule has 16 heavy (non-hydrogen) atoms. The number of nitrogens with one attached hydrogen (secondary N) is 1. The van der Waals surface area contributed by atoms with Gasteiger partial charge in [-0.1, -0.05) is 24.8 Å². The highest BCUT2D eigenvalue weighted by Crippen LogP contribution is 1.92. The quantitative estimate of drug-likeness (QED) is 0.582. The fourth-order valence-electron chi connectivity index (χ4n) is 1.21. The van der Waals surface area contributed by atoms with Gasteiger partial charge in [0.2, 0.25) is 0 Å². The molecule has 0 spiro atoms. The number of hydrogen-bond acceptors (Lipinski definition) is 3. The van der Waals surface area contributed by atoms with Crippen molar-refractivity contribution < 1.29 is 0 Å². The Morgan fingerprint density at radius 2 is 2.44 bits per heavy atom. The lowest BCUT2D eigenvalue weighted by molar-refractivity contribution is 0.755. The van der Waals surface area contributed by atoms with Crippen molar-refractivity contribution in [2.45, 2.75) is 6.54 Å². The summed E-state index contributed by atoms with van der Waals surface area (Å²) in [6.07, 6.45) is 7.36. The van der Waals surface area contributed by atoms with Crippen LogP contribution in [0.2, 0.25) is 0 Å². The largest absolute Gasteiger partial charge is 0.306 e. The Morgan fingerprint density at radius 3 is 3.06 bits per heavy atom. The van der Waals surface area contributed by atoms with E-state index in [4.69, 9.17) is 0 Å². The van der Waals surface area contributed by atoms with Gasteiger partial charge in [-0.25, -0.2) is 0 Å². The van der Waals surface area contributed by atoms with E-state index in [1.165, 1.54) is 0 Å². The minimum Gasteiger partial charge on any atom is -0.306 e. The number of pyridine rings is 1. The predicted molar refractivity (Wildman–Crippen MR) is 68.6 cm³/mol. The second kappa shape index (κ2) is 7.54. The van der Waals surface area contributed by atoms with Gasteiger partial charge < -0.3 is 5.32 Å². The zero-order valence-corrected chi connectivity index (χ0v) is 9.56. The van der Waals surface area contributed by atoms with Crippen molar-refractivity contribution in [1.82, 2.24) is 10.3 Å². The lowest BCUT2D eigenvalue weighted by Crippen LogP contribution is -2.21. The summed E-state index contributed by atoms with van der Waals surface area (Å²) >= 11 is 0. The molecule has 0 aliphatic carbocycles. The molecule has 1 aromatic rings. The van der Waals surface area contributed by atoms with Crippen LogP contribution < -0.4 is 5.32 Å². The Hall–Kier alpha value is -1.74. The zero-order valence-electron chi connectivity index (χ0n) is 9.56. The molecular formula is C13H17N3. The van der Waals surface area contributed by atoms with Gasteiger partial charge in [-0.2, -0.15) is 0 Å². The standard InChI is InChI=1S/C13H17N3/c1-3-4-7-12(14-2)10-15-11-13-8-5-6-9-16-13/h3-9,15H,1,10-11H2,2H3/b7-4-,14-12+. The molecule has 1 rings (SSSR count). The first kappa shape index (κ1) is 12.3. The van der Waals surface area contributed by atoms with Crippen molar-refractivity contribution in [2.75, 3.05) is 13.6 Å². The van der Waals surface area contributed by atoms with Crippen LogP contribution in [0.4, 0.5) is 0 Å². The summed E-state index contributed by atoms with van der Waals surface area (Å²) < 4.78 is 0. The van der Waals surface area contributed by atoms with Crippen LogP contribution in [0.3, 0.4) is 0 Å². The number of hydrogen-bond donors (Lipinski definition) is 1. The van der Waals surface area contributed by atoms with E-state index in [1.807, 2.05) is 30.4 Å². The smallest absolute Gasteiger partial charge is 0.0541 e. The Bertz CT molecular complexity index is 366. The number of rotatable bonds is 6. The first-order chi connectivity index (χ1) is 7.86. The molecular weight excluding hydrogens is 198 g/mol. The fraction of sp³-hybridized carbons (Fsp3) is 0.231. The van der Waals surface area contributed by atoms with Crippen LogP contribution in [0.15, 0.2) is 54.2 Å². The van der Waals surface area contributed by atoms with Crippen molar-refractivity contribution >= 4 is 5.71 Å². The summed E-state index contributed by atoms with van der Waals surface area (Å²) in [6.45, 7) is 5.11. The van der Waals surface area contributed by atoms with Crippen LogP contribution in [0.5, 0.6) is 0 Å². The van der Waals surface area contributed by atoms with Gasteiger partial charge in [0.15, 0.2) is 0 Å². The van der Waals surface area contributed by atoms with Crippen molar-refractivity contribution in [3.8, 4) is 0 Å². The number of aromatic nitrogens is 1. The molecule has 1 aromatic heterocycles. The van der Waals surface area contributed by atoms with E-state index >= 15 is 0 Å². The Balaban J connectivity index is 2.35. The van der Waals surface area contributed by atoms with Crippen molar-refractivity contribution in [3.63, 3.8) is 0 Å². The number of allylic oxidation sites excluding steroid dienone is 2. The van der Waals surface area contributed by atoms with Gasteiger partial charge in [0.25, 0.3) is 0 Å². The molecule has 0 aliphatic rings. The Kier molecular flexibility index (Phi) is 5.81. The molecule has 0 bridgehead atoms. The molecule has 0 aromatic carbocycles. The van der Waals surface area contributed by atoms with E-state index in [2.05, 4.69) is 21.9 Å². The van der Waals surface area contributed by atoms with Gasteiger partial charge in [-0.05, 0) is 18.2 Å². The van der Waals surface area contributed by atoms with Gasteiger partial charge in [0.05, 0.1) is 5.69 Å². The summed E-state index contributed by atoms with van der Waals surface area (Å²) in [5, 5.41) is 3.28. The lowest BCUT2D eigenvalue weighted by atomic mass is 10.3. The van der Waals surface area contributed by atoms with Crippen LogP contribution >= 0.6 is 0 Å². The number of nitrogens with zero attached hydrogens (tertiary/aromatic N) is 2. The van der Waals surface area contributed by atoms with Crippen LogP contribution in [0.25, 0.3) is 0 Å². The minimum absolute atomic E-state index is 0.734. The van der Waals surface area contributed by atoms with Gasteiger partial charge in [0, 0.05) is 32.0 Å². The average Bonchev–Trinajstić information content (AvgIpc) is 2.35. The fourth-order valence-corrected chi connectivity index (χ4v) is 1.21. The first-order valence-electron chi connectivity index (χ1n) is 5.22. The normalized spacial score (nSPS) is 11.9. The van der Waals surface area contributed by atoms with Crippen molar-refractivity contribution in [1.29, 1.82) is 0 Å². The van der Waals surface area contributed by atoms with E-state index in [-0.39, 0.29) is 0 Å². The summed E-state index contributed by atoms with van der Waals surface area (Å²) in [6, 6.07) is 5.89. The highest BCUT2D eigenvalue weighted by Gasteiger charge is 1.94. The third kappa shape index (κ3) is 4.66. The van der Waals surface area contributed by atoms with Gasteiger partial charge in [0.1, 0.15) is 0 Å². The molecule has 3 nitrogen and oxygen atoms in total. The van der Waals surface area contributed by atoms with Crippen LogP contribution in [0.1, 0.15) is 5.69 Å². The average molecular weight is 215 g/mol. The van der Waals surface area contributed by atoms with E-state index in [1.54, 1.807) is 19.3 Å². The van der Waals surface area contributed by atoms with E-state index < -0.39 is 0 Å². The highest BCUT2D eigenvalue weighted by atomic mass is 14.9. The van der Waals surface area contributed by atoms with Crippen LogP contribution in [0, 0.1) is 0 Å². The zero-order chi connectivity index (χ0) is 11.6. The molecule has 1 heterocycles. The predicted octanol–water partition coefficient (Wildman–Crippen LogP) is 1.98. The van der Waals surface area contributed by atoms with Crippen molar-refractivity contribution in [3.05, 3.63) is 54.9 Å². The topological polar surface area (TPSA) is 37.3 Å². The summed E-state index contributed by atoms with van der Waals surface area (Å²) in [5.41, 5.74) is 2.03. The first-order valence-corrected chi connectivity index (χ1v) is 5.22.